The standard InChI is InChI=1S/C11H10N2O4/c1-2-17-10(14)7-3-5-9-6-4-8-12-11(9)13(15)16/h4,6,8H,2,7H2,1H3. The highest BCUT2D eigenvalue weighted by Crippen LogP contribution is 2.11. The second-order valence-electron chi connectivity index (χ2n) is 2.92. The molecule has 0 unspecified atom stereocenters. The Kier molecular flexibility index (Phi) is 4.63. The van der Waals surface area contributed by atoms with E-state index in [0.717, 1.165) is 0 Å². The molecule has 0 saturated carbocycles. The van der Waals surface area contributed by atoms with Crippen molar-refractivity contribution in [1.29, 1.82) is 0 Å². The smallest absolute Gasteiger partial charge is 0.379 e. The molecular weight excluding hydrogens is 224 g/mol. The van der Waals surface area contributed by atoms with Crippen molar-refractivity contribution in [2.24, 2.45) is 0 Å². The van der Waals surface area contributed by atoms with Gasteiger partial charge in [-0.05, 0) is 29.0 Å². The Labute approximate surface area is 97.8 Å². The van der Waals surface area contributed by atoms with Gasteiger partial charge in [0.05, 0.1) is 6.61 Å². The predicted octanol–water partition coefficient (Wildman–Crippen LogP) is 1.29. The van der Waals surface area contributed by atoms with Crippen LogP contribution in [0, 0.1) is 22.0 Å². The van der Waals surface area contributed by atoms with Gasteiger partial charge in [0.1, 0.15) is 18.2 Å². The molecule has 0 aliphatic rings. The SMILES string of the molecule is CCOC(=O)CC#Cc1cccnc1[N+](=O)[O-]. The quantitative estimate of drug-likeness (QED) is 0.340. The fourth-order valence-electron chi connectivity index (χ4n) is 1.06. The maximum absolute atomic E-state index is 11.0. The molecule has 0 saturated heterocycles. The van der Waals surface area contributed by atoms with Crippen LogP contribution >= 0.6 is 0 Å². The Balaban J connectivity index is 2.78. The topological polar surface area (TPSA) is 82.3 Å². The van der Waals surface area contributed by atoms with Gasteiger partial charge in [-0.1, -0.05) is 11.8 Å². The Morgan fingerprint density at radius 1 is 1.65 bits per heavy atom. The summed E-state index contributed by atoms with van der Waals surface area (Å²) in [7, 11) is 0. The summed E-state index contributed by atoms with van der Waals surface area (Å²) in [6.07, 6.45) is 1.22. The predicted molar refractivity (Wildman–Crippen MR) is 59.0 cm³/mol. The third-order valence-electron chi connectivity index (χ3n) is 1.72. The summed E-state index contributed by atoms with van der Waals surface area (Å²) >= 11 is 0. The molecular formula is C11H10N2O4. The summed E-state index contributed by atoms with van der Waals surface area (Å²) < 4.78 is 4.67. The van der Waals surface area contributed by atoms with Gasteiger partial charge in [0.25, 0.3) is 0 Å². The van der Waals surface area contributed by atoms with Crippen LogP contribution in [0.1, 0.15) is 18.9 Å². The van der Waals surface area contributed by atoms with E-state index in [-0.39, 0.29) is 24.4 Å². The molecule has 0 radical (unpaired) electrons. The first-order valence-electron chi connectivity index (χ1n) is 4.89. The lowest BCUT2D eigenvalue weighted by Gasteiger charge is -1.95. The first-order chi connectivity index (χ1) is 8.15. The van der Waals surface area contributed by atoms with E-state index in [1.807, 2.05) is 0 Å². The van der Waals surface area contributed by atoms with Crippen LogP contribution in [-0.4, -0.2) is 22.5 Å². The minimum Gasteiger partial charge on any atom is -0.465 e. The largest absolute Gasteiger partial charge is 0.465 e. The number of nitro groups is 1. The molecule has 1 rings (SSSR count). The van der Waals surface area contributed by atoms with Crippen molar-refractivity contribution in [2.45, 2.75) is 13.3 Å². The number of hydrogen-bond donors (Lipinski definition) is 0. The van der Waals surface area contributed by atoms with Crippen molar-refractivity contribution >= 4 is 11.8 Å². The Morgan fingerprint density at radius 2 is 2.41 bits per heavy atom. The number of aromatic nitrogens is 1. The van der Waals surface area contributed by atoms with Crippen molar-refractivity contribution in [3.05, 3.63) is 34.0 Å². The average Bonchev–Trinajstić information content (AvgIpc) is 2.30. The van der Waals surface area contributed by atoms with Crippen LogP contribution in [0.15, 0.2) is 18.3 Å². The summed E-state index contributed by atoms with van der Waals surface area (Å²) in [6, 6.07) is 3.02. The number of rotatable bonds is 3. The zero-order chi connectivity index (χ0) is 12.7. The van der Waals surface area contributed by atoms with Crippen LogP contribution in [0.25, 0.3) is 0 Å². The highest BCUT2D eigenvalue weighted by Gasteiger charge is 2.11. The summed E-state index contributed by atoms with van der Waals surface area (Å²) in [5.74, 6) is 4.27. The summed E-state index contributed by atoms with van der Waals surface area (Å²) in [4.78, 5) is 24.6. The summed E-state index contributed by atoms with van der Waals surface area (Å²) in [5.41, 5.74) is 0.182. The molecule has 0 atom stereocenters. The van der Waals surface area contributed by atoms with Gasteiger partial charge in [-0.25, -0.2) is 0 Å². The van der Waals surface area contributed by atoms with Gasteiger partial charge in [-0.2, -0.15) is 0 Å². The Morgan fingerprint density at radius 3 is 3.06 bits per heavy atom. The molecule has 88 valence electrons. The molecule has 1 aromatic heterocycles. The number of esters is 1. The molecule has 1 aromatic rings. The lowest BCUT2D eigenvalue weighted by atomic mass is 10.2. The molecule has 0 fully saturated rings. The van der Waals surface area contributed by atoms with E-state index in [1.165, 1.54) is 12.3 Å². The number of carbonyl (C=O) groups excluding carboxylic acids is 1. The number of nitrogens with zero attached hydrogens (tertiary/aromatic N) is 2. The highest BCUT2D eigenvalue weighted by molar-refractivity contribution is 5.72. The van der Waals surface area contributed by atoms with E-state index >= 15 is 0 Å². The molecule has 0 aliphatic carbocycles. The van der Waals surface area contributed by atoms with Gasteiger partial charge in [0.2, 0.25) is 0 Å². The van der Waals surface area contributed by atoms with Crippen LogP contribution in [0.5, 0.6) is 0 Å². The first-order valence-corrected chi connectivity index (χ1v) is 4.89. The van der Waals surface area contributed by atoms with E-state index < -0.39 is 10.9 Å². The molecule has 0 aromatic carbocycles. The number of carbonyl (C=O) groups is 1. The second-order valence-corrected chi connectivity index (χ2v) is 2.92. The van der Waals surface area contributed by atoms with Crippen LogP contribution in [0.4, 0.5) is 5.82 Å². The van der Waals surface area contributed by atoms with Crippen molar-refractivity contribution < 1.29 is 14.5 Å². The lowest BCUT2D eigenvalue weighted by Crippen LogP contribution is -2.01. The fraction of sp³-hybridized carbons (Fsp3) is 0.273. The molecule has 0 N–H and O–H groups in total. The molecule has 0 amide bonds. The van der Waals surface area contributed by atoms with Gasteiger partial charge >= 0.3 is 11.8 Å². The molecule has 0 aliphatic heterocycles. The van der Waals surface area contributed by atoms with E-state index in [4.69, 9.17) is 0 Å². The highest BCUT2D eigenvalue weighted by atomic mass is 16.6. The maximum Gasteiger partial charge on any atom is 0.379 e. The third-order valence-corrected chi connectivity index (χ3v) is 1.72. The minimum absolute atomic E-state index is 0.0973. The number of ether oxygens (including phenoxy) is 1. The summed E-state index contributed by atoms with van der Waals surface area (Å²) in [5, 5.41) is 10.6. The van der Waals surface area contributed by atoms with Crippen LogP contribution in [0.2, 0.25) is 0 Å². The summed E-state index contributed by atoms with van der Waals surface area (Å²) in [6.45, 7) is 1.98. The average molecular weight is 234 g/mol. The van der Waals surface area contributed by atoms with E-state index in [1.54, 1.807) is 13.0 Å². The van der Waals surface area contributed by atoms with Crippen LogP contribution in [0.3, 0.4) is 0 Å². The molecule has 0 bridgehead atoms. The zero-order valence-corrected chi connectivity index (χ0v) is 9.17. The van der Waals surface area contributed by atoms with E-state index in [2.05, 4.69) is 21.6 Å². The Bertz CT molecular complexity index is 488. The molecule has 6 nitrogen and oxygen atoms in total. The van der Waals surface area contributed by atoms with Gasteiger partial charge < -0.3 is 14.9 Å². The third kappa shape index (κ3) is 3.91. The van der Waals surface area contributed by atoms with Crippen molar-refractivity contribution in [1.82, 2.24) is 4.98 Å². The van der Waals surface area contributed by atoms with Crippen molar-refractivity contribution in [3.63, 3.8) is 0 Å². The van der Waals surface area contributed by atoms with Gasteiger partial charge in [-0.3, -0.25) is 4.79 Å². The second kappa shape index (κ2) is 6.23. The number of hydrogen-bond acceptors (Lipinski definition) is 5. The lowest BCUT2D eigenvalue weighted by molar-refractivity contribution is -0.389. The van der Waals surface area contributed by atoms with Gasteiger partial charge in [-0.15, -0.1) is 0 Å². The van der Waals surface area contributed by atoms with Crippen molar-refractivity contribution in [3.8, 4) is 11.8 Å². The molecule has 6 heteroatoms. The fourth-order valence-corrected chi connectivity index (χ4v) is 1.06. The number of pyridine rings is 1. The molecule has 17 heavy (non-hydrogen) atoms. The van der Waals surface area contributed by atoms with Crippen LogP contribution in [-0.2, 0) is 9.53 Å². The maximum atomic E-state index is 11.0. The normalized spacial score (nSPS) is 9.00. The minimum atomic E-state index is -0.617. The van der Waals surface area contributed by atoms with E-state index in [0.29, 0.717) is 0 Å². The van der Waals surface area contributed by atoms with Gasteiger partial charge in [0.15, 0.2) is 0 Å². The zero-order valence-electron chi connectivity index (χ0n) is 9.17. The Hall–Kier alpha value is -2.42. The molecule has 1 heterocycles. The molecule has 0 spiro atoms. The van der Waals surface area contributed by atoms with Crippen LogP contribution < -0.4 is 0 Å². The van der Waals surface area contributed by atoms with E-state index in [9.17, 15) is 14.9 Å². The van der Waals surface area contributed by atoms with Crippen molar-refractivity contribution in [2.75, 3.05) is 6.61 Å². The first kappa shape index (κ1) is 12.6. The monoisotopic (exact) mass is 234 g/mol. The van der Waals surface area contributed by atoms with Gasteiger partial charge in [0, 0.05) is 0 Å².